The fourth-order valence-electron chi connectivity index (χ4n) is 6.05. The topological polar surface area (TPSA) is 89.7 Å². The Labute approximate surface area is 186 Å². The van der Waals surface area contributed by atoms with Crippen molar-refractivity contribution in [1.82, 2.24) is 4.40 Å². The second-order valence-corrected chi connectivity index (χ2v) is 9.50. The number of carboxylic acids is 1. The van der Waals surface area contributed by atoms with Crippen LogP contribution in [0.1, 0.15) is 65.9 Å². The van der Waals surface area contributed by atoms with Gasteiger partial charge < -0.3 is 28.1 Å². The van der Waals surface area contributed by atoms with Gasteiger partial charge in [-0.1, -0.05) is 12.8 Å². The zero-order valence-electron chi connectivity index (χ0n) is 17.8. The molecule has 2 atom stereocenters. The van der Waals surface area contributed by atoms with E-state index in [1.807, 2.05) is 6.92 Å². The Hall–Kier alpha value is -2.12. The first-order valence-electron chi connectivity index (χ1n) is 11.0. The van der Waals surface area contributed by atoms with Crippen molar-refractivity contribution in [2.45, 2.75) is 51.4 Å². The van der Waals surface area contributed by atoms with E-state index in [-0.39, 0.29) is 29.3 Å². The molecule has 0 spiro atoms. The van der Waals surface area contributed by atoms with E-state index in [1.54, 1.807) is 0 Å². The maximum absolute atomic E-state index is 15.4. The first kappa shape index (κ1) is 22.1. The third-order valence-corrected chi connectivity index (χ3v) is 7.79. The number of fused-ring (bicyclic) bond motifs is 2. The number of hydrogen-bond donors (Lipinski definition) is 2. The largest absolute Gasteiger partial charge is 1.00 e. The average molecular weight is 450 g/mol. The lowest BCUT2D eigenvalue weighted by Crippen LogP contribution is -3.00. The van der Waals surface area contributed by atoms with Crippen molar-refractivity contribution in [2.24, 2.45) is 11.3 Å². The molecule has 3 heterocycles. The smallest absolute Gasteiger partial charge is 0.341 e. The number of aromatic carboxylic acids is 1. The Kier molecular flexibility index (Phi) is 5.54. The SMILES string of the molecule is Cc1c(N2C[C@@H]3CCCC[C@]3(C[NH3+])C2)c(F)cn2c(=O)c(C(=O)O)cc(C3CC3)c12.[Cl-]. The molecule has 2 aliphatic carbocycles. The maximum atomic E-state index is 15.4. The molecule has 1 saturated heterocycles. The number of carbonyl (C=O) groups is 1. The molecule has 31 heavy (non-hydrogen) atoms. The number of anilines is 1. The lowest BCUT2D eigenvalue weighted by atomic mass is 9.68. The van der Waals surface area contributed by atoms with E-state index in [0.717, 1.165) is 56.4 Å². The molecular formula is C23H29ClFN3O3. The van der Waals surface area contributed by atoms with Crippen molar-refractivity contribution in [3.8, 4) is 0 Å². The summed E-state index contributed by atoms with van der Waals surface area (Å²) in [6.07, 6.45) is 7.87. The highest BCUT2D eigenvalue weighted by Crippen LogP contribution is 2.49. The van der Waals surface area contributed by atoms with E-state index in [4.69, 9.17) is 0 Å². The maximum Gasteiger partial charge on any atom is 0.341 e. The van der Waals surface area contributed by atoms with Crippen LogP contribution in [0.3, 0.4) is 0 Å². The van der Waals surface area contributed by atoms with Gasteiger partial charge in [-0.25, -0.2) is 9.18 Å². The molecule has 1 aliphatic heterocycles. The van der Waals surface area contributed by atoms with Gasteiger partial charge in [0.05, 0.1) is 23.9 Å². The van der Waals surface area contributed by atoms with Gasteiger partial charge in [0.15, 0.2) is 5.82 Å². The van der Waals surface area contributed by atoms with E-state index in [9.17, 15) is 14.7 Å². The molecule has 3 aliphatic rings. The van der Waals surface area contributed by atoms with Crippen molar-refractivity contribution in [3.63, 3.8) is 0 Å². The summed E-state index contributed by atoms with van der Waals surface area (Å²) >= 11 is 0. The second kappa shape index (κ2) is 7.78. The molecule has 5 rings (SSSR count). The van der Waals surface area contributed by atoms with Crippen LogP contribution < -0.4 is 28.6 Å². The lowest BCUT2D eigenvalue weighted by molar-refractivity contribution is -0.396. The van der Waals surface area contributed by atoms with Gasteiger partial charge in [-0.2, -0.15) is 0 Å². The predicted octanol–water partition coefficient (Wildman–Crippen LogP) is -0.435. The minimum Gasteiger partial charge on any atom is -1.00 e. The van der Waals surface area contributed by atoms with E-state index >= 15 is 4.39 Å². The first-order chi connectivity index (χ1) is 14.4. The number of hydrogen-bond acceptors (Lipinski definition) is 3. The number of halogens is 2. The molecule has 0 aromatic carbocycles. The molecule has 3 fully saturated rings. The molecule has 6 nitrogen and oxygen atoms in total. The number of nitrogens with zero attached hydrogens (tertiary/aromatic N) is 2. The standard InChI is InChI=1S/C23H28FN3O3.ClH/c1-13-19-16(14-5-6-14)8-17(22(29)30)21(28)27(19)10-18(24)20(13)26-9-15-4-2-3-7-23(15,11-25)12-26;/h8,10,14-15H,2-7,9,11-12,25H2,1H3,(H,29,30);1H/t15-,23-;/m0./s1. The van der Waals surface area contributed by atoms with E-state index in [0.29, 0.717) is 17.1 Å². The highest BCUT2D eigenvalue weighted by Gasteiger charge is 2.49. The summed E-state index contributed by atoms with van der Waals surface area (Å²) in [5.41, 5.74) is 6.27. The van der Waals surface area contributed by atoms with Gasteiger partial charge in [-0.15, -0.1) is 0 Å². The van der Waals surface area contributed by atoms with Gasteiger partial charge in [-0.05, 0) is 61.6 Å². The zero-order valence-corrected chi connectivity index (χ0v) is 18.6. The number of quaternary nitrogens is 1. The van der Waals surface area contributed by atoms with E-state index in [2.05, 4.69) is 10.6 Å². The second-order valence-electron chi connectivity index (χ2n) is 9.50. The number of rotatable bonds is 4. The Bertz CT molecular complexity index is 1110. The third kappa shape index (κ3) is 3.33. The summed E-state index contributed by atoms with van der Waals surface area (Å²) < 4.78 is 16.7. The molecule has 0 bridgehead atoms. The van der Waals surface area contributed by atoms with Crippen molar-refractivity contribution in [1.29, 1.82) is 0 Å². The first-order valence-corrected chi connectivity index (χ1v) is 11.0. The Morgan fingerprint density at radius 3 is 2.68 bits per heavy atom. The number of pyridine rings is 2. The average Bonchev–Trinajstić information content (AvgIpc) is 3.48. The summed E-state index contributed by atoms with van der Waals surface area (Å²) in [5, 5.41) is 9.47. The molecule has 2 aromatic rings. The predicted molar refractivity (Wildman–Crippen MR) is 112 cm³/mol. The molecule has 2 saturated carbocycles. The summed E-state index contributed by atoms with van der Waals surface area (Å²) in [6.45, 7) is 4.35. The molecule has 0 amide bonds. The summed E-state index contributed by atoms with van der Waals surface area (Å²) in [5.74, 6) is -0.954. The molecular weight excluding hydrogens is 421 g/mol. The van der Waals surface area contributed by atoms with Crippen LogP contribution in [0.4, 0.5) is 10.1 Å². The van der Waals surface area contributed by atoms with Gasteiger partial charge in [-0.3, -0.25) is 9.20 Å². The van der Waals surface area contributed by atoms with Gasteiger partial charge in [0.1, 0.15) is 5.56 Å². The van der Waals surface area contributed by atoms with Gasteiger partial charge in [0.25, 0.3) is 5.56 Å². The number of aromatic nitrogens is 1. The van der Waals surface area contributed by atoms with Gasteiger partial charge >= 0.3 is 5.97 Å². The van der Waals surface area contributed by atoms with Crippen LogP contribution in [0.2, 0.25) is 0 Å². The van der Waals surface area contributed by atoms with Crippen molar-refractivity contribution in [2.75, 3.05) is 24.5 Å². The van der Waals surface area contributed by atoms with Gasteiger partial charge in [0.2, 0.25) is 0 Å². The van der Waals surface area contributed by atoms with Crippen LogP contribution in [0.25, 0.3) is 5.52 Å². The Morgan fingerprint density at radius 1 is 1.32 bits per heavy atom. The molecule has 4 N–H and O–H groups in total. The minimum atomic E-state index is -1.26. The molecule has 0 unspecified atom stereocenters. The lowest BCUT2D eigenvalue weighted by Gasteiger charge is -2.35. The van der Waals surface area contributed by atoms with Crippen LogP contribution >= 0.6 is 0 Å². The third-order valence-electron chi connectivity index (χ3n) is 7.79. The van der Waals surface area contributed by atoms with Crippen LogP contribution in [0.15, 0.2) is 17.1 Å². The molecule has 8 heteroatoms. The summed E-state index contributed by atoms with van der Waals surface area (Å²) in [7, 11) is 0. The Balaban J connectivity index is 0.00000231. The monoisotopic (exact) mass is 449 g/mol. The minimum absolute atomic E-state index is 0. The fraction of sp³-hybridized carbons (Fsp3) is 0.565. The van der Waals surface area contributed by atoms with Gasteiger partial charge in [0, 0.05) is 18.5 Å². The highest BCUT2D eigenvalue weighted by molar-refractivity contribution is 5.89. The number of aryl methyl sites for hydroxylation is 1. The van der Waals surface area contributed by atoms with Crippen LogP contribution in [-0.4, -0.2) is 35.1 Å². The molecule has 0 radical (unpaired) electrons. The zero-order chi connectivity index (χ0) is 21.2. The fourth-order valence-corrected chi connectivity index (χ4v) is 6.05. The van der Waals surface area contributed by atoms with Crippen molar-refractivity contribution < 1.29 is 32.4 Å². The molecule has 2 aromatic heterocycles. The Morgan fingerprint density at radius 2 is 2.06 bits per heavy atom. The highest BCUT2D eigenvalue weighted by atomic mass is 35.5. The quantitative estimate of drug-likeness (QED) is 0.662. The van der Waals surface area contributed by atoms with Crippen molar-refractivity contribution in [3.05, 3.63) is 45.1 Å². The van der Waals surface area contributed by atoms with Crippen molar-refractivity contribution >= 4 is 17.2 Å². The normalized spacial score (nSPS) is 25.4. The summed E-state index contributed by atoms with van der Waals surface area (Å²) in [4.78, 5) is 26.6. The van der Waals surface area contributed by atoms with Crippen LogP contribution in [-0.2, 0) is 0 Å². The van der Waals surface area contributed by atoms with E-state index < -0.39 is 17.3 Å². The molecule has 168 valence electrons. The van der Waals surface area contributed by atoms with E-state index in [1.165, 1.54) is 29.5 Å². The van der Waals surface area contributed by atoms with Crippen LogP contribution in [0, 0.1) is 24.1 Å². The number of carboxylic acid groups (broad SMARTS) is 1. The van der Waals surface area contributed by atoms with Crippen LogP contribution in [0.5, 0.6) is 0 Å². The summed E-state index contributed by atoms with van der Waals surface area (Å²) in [6, 6.07) is 1.52.